The third-order valence-corrected chi connectivity index (χ3v) is 3.11. The standard InChI is InChI=1S/C14H18N4OS/c1-15-12-10-13(18-14(17-12)20-2)16-8-9-19-11-6-4-3-5-7-11/h3-7,10H,8-9H2,1-2H3,(H2,15,16,17,18). The molecule has 0 bridgehead atoms. The van der Waals surface area contributed by atoms with Gasteiger partial charge in [-0.25, -0.2) is 9.97 Å². The molecule has 0 aliphatic heterocycles. The monoisotopic (exact) mass is 290 g/mol. The quantitative estimate of drug-likeness (QED) is 0.464. The van der Waals surface area contributed by atoms with Crippen molar-refractivity contribution >= 4 is 23.4 Å². The first kappa shape index (κ1) is 14.5. The molecule has 2 aromatic rings. The van der Waals surface area contributed by atoms with Gasteiger partial charge >= 0.3 is 0 Å². The first-order valence-corrected chi connectivity index (χ1v) is 7.57. The normalized spacial score (nSPS) is 10.1. The molecule has 0 saturated heterocycles. The molecule has 2 N–H and O–H groups in total. The molecule has 0 aliphatic carbocycles. The zero-order valence-corrected chi connectivity index (χ0v) is 12.4. The Bertz CT molecular complexity index is 514. The Morgan fingerprint density at radius 2 is 1.90 bits per heavy atom. The summed E-state index contributed by atoms with van der Waals surface area (Å²) in [5, 5.41) is 7.00. The van der Waals surface area contributed by atoms with Gasteiger partial charge < -0.3 is 15.4 Å². The fraction of sp³-hybridized carbons (Fsp3) is 0.286. The predicted octanol–water partition coefficient (Wildman–Crippen LogP) is 2.73. The minimum absolute atomic E-state index is 0.581. The molecular weight excluding hydrogens is 272 g/mol. The smallest absolute Gasteiger partial charge is 0.191 e. The van der Waals surface area contributed by atoms with Crippen LogP contribution in [-0.4, -0.2) is 36.4 Å². The highest BCUT2D eigenvalue weighted by Gasteiger charge is 2.02. The van der Waals surface area contributed by atoms with Gasteiger partial charge in [-0.15, -0.1) is 0 Å². The summed E-state index contributed by atoms with van der Waals surface area (Å²) in [5.41, 5.74) is 0. The number of anilines is 2. The second-order valence-corrected chi connectivity index (χ2v) is 4.74. The van der Waals surface area contributed by atoms with Crippen molar-refractivity contribution in [3.05, 3.63) is 36.4 Å². The van der Waals surface area contributed by atoms with Gasteiger partial charge in [0.15, 0.2) is 5.16 Å². The van der Waals surface area contributed by atoms with Gasteiger partial charge in [-0.2, -0.15) is 0 Å². The fourth-order valence-corrected chi connectivity index (χ4v) is 1.98. The van der Waals surface area contributed by atoms with Crippen LogP contribution >= 0.6 is 11.8 Å². The lowest BCUT2D eigenvalue weighted by atomic mass is 10.3. The maximum Gasteiger partial charge on any atom is 0.191 e. The molecule has 0 amide bonds. The number of aromatic nitrogens is 2. The van der Waals surface area contributed by atoms with E-state index in [0.29, 0.717) is 13.2 Å². The van der Waals surface area contributed by atoms with Crippen molar-refractivity contribution in [2.24, 2.45) is 0 Å². The number of hydrogen-bond acceptors (Lipinski definition) is 6. The van der Waals surface area contributed by atoms with Crippen molar-refractivity contribution in [1.82, 2.24) is 9.97 Å². The zero-order chi connectivity index (χ0) is 14.2. The molecule has 0 radical (unpaired) electrons. The van der Waals surface area contributed by atoms with E-state index in [9.17, 15) is 0 Å². The molecule has 0 aliphatic rings. The van der Waals surface area contributed by atoms with Crippen molar-refractivity contribution < 1.29 is 4.74 Å². The van der Waals surface area contributed by atoms with Gasteiger partial charge in [0.1, 0.15) is 24.0 Å². The molecule has 1 heterocycles. The van der Waals surface area contributed by atoms with Gasteiger partial charge in [0.25, 0.3) is 0 Å². The summed E-state index contributed by atoms with van der Waals surface area (Å²) in [5.74, 6) is 2.47. The Hall–Kier alpha value is -1.95. The van der Waals surface area contributed by atoms with E-state index < -0.39 is 0 Å². The van der Waals surface area contributed by atoms with E-state index >= 15 is 0 Å². The van der Waals surface area contributed by atoms with E-state index in [2.05, 4.69) is 20.6 Å². The summed E-state index contributed by atoms with van der Waals surface area (Å²) < 4.78 is 5.61. The molecule has 0 atom stereocenters. The summed E-state index contributed by atoms with van der Waals surface area (Å²) in [6, 6.07) is 11.6. The van der Waals surface area contributed by atoms with Crippen LogP contribution in [0.5, 0.6) is 5.75 Å². The van der Waals surface area contributed by atoms with E-state index in [0.717, 1.165) is 22.5 Å². The lowest BCUT2D eigenvalue weighted by Gasteiger charge is -2.10. The van der Waals surface area contributed by atoms with Crippen molar-refractivity contribution in [3.63, 3.8) is 0 Å². The first-order valence-electron chi connectivity index (χ1n) is 6.34. The maximum absolute atomic E-state index is 5.61. The molecule has 2 rings (SSSR count). The summed E-state index contributed by atoms with van der Waals surface area (Å²) >= 11 is 1.52. The number of benzene rings is 1. The van der Waals surface area contributed by atoms with Gasteiger partial charge in [-0.05, 0) is 18.4 Å². The van der Waals surface area contributed by atoms with E-state index in [1.54, 1.807) is 0 Å². The van der Waals surface area contributed by atoms with Crippen LogP contribution in [0.3, 0.4) is 0 Å². The molecule has 5 nitrogen and oxygen atoms in total. The van der Waals surface area contributed by atoms with Gasteiger partial charge in [-0.3, -0.25) is 0 Å². The molecule has 0 unspecified atom stereocenters. The van der Waals surface area contributed by atoms with Crippen LogP contribution < -0.4 is 15.4 Å². The lowest BCUT2D eigenvalue weighted by Crippen LogP contribution is -2.13. The topological polar surface area (TPSA) is 59.1 Å². The average Bonchev–Trinajstić information content (AvgIpc) is 2.52. The number of hydrogen-bond donors (Lipinski definition) is 2. The minimum atomic E-state index is 0.581. The van der Waals surface area contributed by atoms with Crippen LogP contribution in [0.4, 0.5) is 11.6 Å². The minimum Gasteiger partial charge on any atom is -0.492 e. The Labute approximate surface area is 123 Å². The number of rotatable bonds is 7. The van der Waals surface area contributed by atoms with Crippen LogP contribution in [0.15, 0.2) is 41.6 Å². The number of nitrogens with zero attached hydrogens (tertiary/aromatic N) is 2. The molecule has 0 saturated carbocycles. The van der Waals surface area contributed by atoms with Crippen molar-refractivity contribution in [1.29, 1.82) is 0 Å². The van der Waals surface area contributed by atoms with Gasteiger partial charge in [-0.1, -0.05) is 30.0 Å². The lowest BCUT2D eigenvalue weighted by molar-refractivity contribution is 0.332. The van der Waals surface area contributed by atoms with Gasteiger partial charge in [0, 0.05) is 13.1 Å². The molecule has 0 fully saturated rings. The third kappa shape index (κ3) is 4.31. The number of ether oxygens (including phenoxy) is 1. The number of para-hydroxylation sites is 1. The largest absolute Gasteiger partial charge is 0.492 e. The number of thioether (sulfide) groups is 1. The highest BCUT2D eigenvalue weighted by Crippen LogP contribution is 2.16. The SMILES string of the molecule is CNc1cc(NCCOc2ccccc2)nc(SC)n1. The van der Waals surface area contributed by atoms with Crippen LogP contribution in [0, 0.1) is 0 Å². The van der Waals surface area contributed by atoms with E-state index in [1.165, 1.54) is 11.8 Å². The highest BCUT2D eigenvalue weighted by molar-refractivity contribution is 7.98. The summed E-state index contributed by atoms with van der Waals surface area (Å²) in [4.78, 5) is 8.71. The van der Waals surface area contributed by atoms with Crippen LogP contribution in [0.1, 0.15) is 0 Å². The van der Waals surface area contributed by atoms with E-state index in [1.807, 2.05) is 49.7 Å². The predicted molar refractivity (Wildman–Crippen MR) is 83.8 cm³/mol. The Morgan fingerprint density at radius 1 is 1.15 bits per heavy atom. The fourth-order valence-electron chi connectivity index (χ4n) is 1.60. The van der Waals surface area contributed by atoms with Crippen molar-refractivity contribution in [2.75, 3.05) is 37.1 Å². The molecular formula is C14H18N4OS. The average molecular weight is 290 g/mol. The van der Waals surface area contributed by atoms with Gasteiger partial charge in [0.2, 0.25) is 0 Å². The van der Waals surface area contributed by atoms with Crippen molar-refractivity contribution in [2.45, 2.75) is 5.16 Å². The van der Waals surface area contributed by atoms with E-state index in [-0.39, 0.29) is 0 Å². The summed E-state index contributed by atoms with van der Waals surface area (Å²) in [7, 11) is 1.84. The number of nitrogens with one attached hydrogen (secondary N) is 2. The Morgan fingerprint density at radius 3 is 2.60 bits per heavy atom. The van der Waals surface area contributed by atoms with E-state index in [4.69, 9.17) is 4.74 Å². The first-order chi connectivity index (χ1) is 9.81. The van der Waals surface area contributed by atoms with Gasteiger partial charge in [0.05, 0.1) is 6.54 Å². The van der Waals surface area contributed by atoms with Crippen LogP contribution in [-0.2, 0) is 0 Å². The third-order valence-electron chi connectivity index (χ3n) is 2.56. The Kier molecular flexibility index (Phi) is 5.49. The zero-order valence-electron chi connectivity index (χ0n) is 11.6. The molecule has 1 aromatic heterocycles. The summed E-state index contributed by atoms with van der Waals surface area (Å²) in [6.07, 6.45) is 1.96. The second-order valence-electron chi connectivity index (χ2n) is 3.96. The van der Waals surface area contributed by atoms with Crippen LogP contribution in [0.2, 0.25) is 0 Å². The van der Waals surface area contributed by atoms with Crippen LogP contribution in [0.25, 0.3) is 0 Å². The molecule has 0 spiro atoms. The molecule has 20 heavy (non-hydrogen) atoms. The molecule has 106 valence electrons. The van der Waals surface area contributed by atoms with Crippen molar-refractivity contribution in [3.8, 4) is 5.75 Å². The maximum atomic E-state index is 5.61. The second kappa shape index (κ2) is 7.59. The Balaban J connectivity index is 1.84. The molecule has 6 heteroatoms. The molecule has 1 aromatic carbocycles. The summed E-state index contributed by atoms with van der Waals surface area (Å²) in [6.45, 7) is 1.26. The highest BCUT2D eigenvalue weighted by atomic mass is 32.2.